The van der Waals surface area contributed by atoms with Gasteiger partial charge in [-0.3, -0.25) is 19.1 Å². The molecule has 34 heavy (non-hydrogen) atoms. The molecule has 0 saturated carbocycles. The number of rotatable bonds is 8. The van der Waals surface area contributed by atoms with Gasteiger partial charge in [-0.1, -0.05) is 32.4 Å². The lowest BCUT2D eigenvalue weighted by Crippen LogP contribution is -2.38. The zero-order valence-corrected chi connectivity index (χ0v) is 21.3. The van der Waals surface area contributed by atoms with Crippen molar-refractivity contribution in [2.24, 2.45) is 0 Å². The summed E-state index contributed by atoms with van der Waals surface area (Å²) in [5.41, 5.74) is 1.82. The molecule has 2 aromatic heterocycles. The number of hydrogen-bond donors (Lipinski definition) is 1. The van der Waals surface area contributed by atoms with Gasteiger partial charge in [-0.05, 0) is 56.1 Å². The maximum atomic E-state index is 13.3. The molecule has 4 rings (SSSR count). The first-order valence-electron chi connectivity index (χ1n) is 12.2. The van der Waals surface area contributed by atoms with Crippen LogP contribution in [0.25, 0.3) is 10.2 Å². The van der Waals surface area contributed by atoms with Crippen molar-refractivity contribution in [3.05, 3.63) is 56.4 Å². The van der Waals surface area contributed by atoms with Crippen LogP contribution in [0.15, 0.2) is 29.1 Å². The van der Waals surface area contributed by atoms with E-state index in [0.29, 0.717) is 28.2 Å². The summed E-state index contributed by atoms with van der Waals surface area (Å²) in [6.45, 7) is 9.01. The first-order valence-corrected chi connectivity index (χ1v) is 13.0. The number of fused-ring (bicyclic) bond motifs is 2. The van der Waals surface area contributed by atoms with Gasteiger partial charge in [-0.25, -0.2) is 4.98 Å². The van der Waals surface area contributed by atoms with Gasteiger partial charge in [0.25, 0.3) is 11.5 Å². The molecule has 1 aliphatic rings. The third-order valence-electron chi connectivity index (χ3n) is 6.81. The molecule has 7 nitrogen and oxygen atoms in total. The van der Waals surface area contributed by atoms with E-state index in [4.69, 9.17) is 9.72 Å². The topological polar surface area (TPSA) is 76.5 Å². The molecule has 8 heteroatoms. The van der Waals surface area contributed by atoms with E-state index in [1.54, 1.807) is 7.11 Å². The van der Waals surface area contributed by atoms with E-state index in [2.05, 4.69) is 30.1 Å². The fourth-order valence-corrected chi connectivity index (χ4v) is 5.97. The zero-order chi connectivity index (χ0) is 24.2. The van der Waals surface area contributed by atoms with E-state index in [0.717, 1.165) is 61.5 Å². The largest absolute Gasteiger partial charge is 0.497 e. The molecular formula is C26H34N4O3S. The average Bonchev–Trinajstić information content (AvgIpc) is 3.02. The molecule has 1 aliphatic heterocycles. The lowest BCUT2D eigenvalue weighted by Gasteiger charge is -2.30. The number of nitrogens with zero attached hydrogens (tertiary/aromatic N) is 3. The zero-order valence-electron chi connectivity index (χ0n) is 20.5. The molecule has 0 unspecified atom stereocenters. The molecule has 1 N–H and O–H groups in total. The fourth-order valence-electron chi connectivity index (χ4n) is 4.87. The van der Waals surface area contributed by atoms with Gasteiger partial charge in [0.05, 0.1) is 23.4 Å². The lowest BCUT2D eigenvalue weighted by molar-refractivity contribution is 0.0938. The number of ether oxygens (including phenoxy) is 1. The molecule has 0 bridgehead atoms. The van der Waals surface area contributed by atoms with Gasteiger partial charge in [0, 0.05) is 19.5 Å². The van der Waals surface area contributed by atoms with Crippen molar-refractivity contribution in [1.29, 1.82) is 0 Å². The van der Waals surface area contributed by atoms with Crippen molar-refractivity contribution < 1.29 is 9.53 Å². The molecule has 0 fully saturated rings. The minimum Gasteiger partial charge on any atom is -0.497 e. The van der Waals surface area contributed by atoms with E-state index in [1.165, 1.54) is 11.3 Å². The first kappa shape index (κ1) is 24.4. The van der Waals surface area contributed by atoms with Crippen molar-refractivity contribution in [2.75, 3.05) is 26.7 Å². The predicted octanol–water partition coefficient (Wildman–Crippen LogP) is 4.31. The van der Waals surface area contributed by atoms with Crippen molar-refractivity contribution in [2.45, 2.75) is 59.0 Å². The minimum atomic E-state index is -0.153. The number of amides is 1. The van der Waals surface area contributed by atoms with E-state index in [1.807, 2.05) is 29.7 Å². The maximum Gasteiger partial charge on any atom is 0.262 e. The van der Waals surface area contributed by atoms with E-state index >= 15 is 0 Å². The van der Waals surface area contributed by atoms with Crippen molar-refractivity contribution in [1.82, 2.24) is 19.8 Å². The second-order valence-electron chi connectivity index (χ2n) is 8.76. The van der Waals surface area contributed by atoms with Gasteiger partial charge in [-0.2, -0.15) is 0 Å². The van der Waals surface area contributed by atoms with Crippen LogP contribution in [0.1, 0.15) is 65.8 Å². The summed E-state index contributed by atoms with van der Waals surface area (Å²) < 4.78 is 7.23. The number of hydrogen-bond acceptors (Lipinski definition) is 6. The van der Waals surface area contributed by atoms with Crippen LogP contribution in [-0.2, 0) is 13.0 Å². The van der Waals surface area contributed by atoms with Crippen LogP contribution >= 0.6 is 11.3 Å². The van der Waals surface area contributed by atoms with E-state index in [9.17, 15) is 9.59 Å². The molecule has 182 valence electrons. The van der Waals surface area contributed by atoms with Crippen LogP contribution in [0.3, 0.4) is 0 Å². The van der Waals surface area contributed by atoms with Crippen LogP contribution in [0.5, 0.6) is 5.75 Å². The summed E-state index contributed by atoms with van der Waals surface area (Å²) in [4.78, 5) is 34.9. The number of carbonyl (C=O) groups is 1. The van der Waals surface area contributed by atoms with Gasteiger partial charge >= 0.3 is 0 Å². The fraction of sp³-hybridized carbons (Fsp3) is 0.500. The molecule has 0 spiro atoms. The molecule has 3 heterocycles. The Morgan fingerprint density at radius 2 is 2.06 bits per heavy atom. The molecule has 1 atom stereocenters. The Morgan fingerprint density at radius 3 is 2.79 bits per heavy atom. The normalized spacial score (nSPS) is 14.6. The van der Waals surface area contributed by atoms with Crippen LogP contribution in [-0.4, -0.2) is 47.1 Å². The summed E-state index contributed by atoms with van der Waals surface area (Å²) in [5.74, 6) is 1.50. The number of nitrogens with one attached hydrogen (secondary N) is 1. The smallest absolute Gasteiger partial charge is 0.262 e. The Hall–Kier alpha value is -2.71. The maximum absolute atomic E-state index is 13.3. The van der Waals surface area contributed by atoms with Crippen molar-refractivity contribution in [3.8, 4) is 5.75 Å². The first-order chi connectivity index (χ1) is 16.5. The highest BCUT2D eigenvalue weighted by atomic mass is 32.1. The summed E-state index contributed by atoms with van der Waals surface area (Å²) in [6, 6.07) is 8.02. The van der Waals surface area contributed by atoms with Crippen molar-refractivity contribution in [3.63, 3.8) is 0 Å². The molecular weight excluding hydrogens is 448 g/mol. The Labute approximate surface area is 204 Å². The molecule has 0 radical (unpaired) electrons. The highest BCUT2D eigenvalue weighted by Gasteiger charge is 2.24. The third-order valence-corrected chi connectivity index (χ3v) is 7.99. The SMILES string of the molecule is CCN(CC)[C@@H](CNC(=O)c1sc2nc3n(c(=O)c2c1C)CCCCC3)c1cccc(OC)c1. The highest BCUT2D eigenvalue weighted by molar-refractivity contribution is 7.20. The summed E-state index contributed by atoms with van der Waals surface area (Å²) in [7, 11) is 1.66. The second kappa shape index (κ2) is 10.7. The van der Waals surface area contributed by atoms with Gasteiger partial charge in [0.1, 0.15) is 16.4 Å². The molecule has 1 aromatic carbocycles. The molecule has 0 aliphatic carbocycles. The predicted molar refractivity (Wildman–Crippen MR) is 137 cm³/mol. The monoisotopic (exact) mass is 482 g/mol. The Morgan fingerprint density at radius 1 is 1.26 bits per heavy atom. The quantitative estimate of drug-likeness (QED) is 0.518. The van der Waals surface area contributed by atoms with E-state index < -0.39 is 0 Å². The minimum absolute atomic E-state index is 0.00732. The summed E-state index contributed by atoms with van der Waals surface area (Å²) in [5, 5.41) is 3.73. The summed E-state index contributed by atoms with van der Waals surface area (Å²) in [6.07, 6.45) is 3.97. The van der Waals surface area contributed by atoms with Crippen LogP contribution in [0.4, 0.5) is 0 Å². The number of aromatic nitrogens is 2. The van der Waals surface area contributed by atoms with Crippen LogP contribution in [0.2, 0.25) is 0 Å². The van der Waals surface area contributed by atoms with Gasteiger partial charge in [0.15, 0.2) is 0 Å². The summed E-state index contributed by atoms with van der Waals surface area (Å²) >= 11 is 1.33. The average molecular weight is 483 g/mol. The number of aryl methyl sites for hydroxylation is 2. The van der Waals surface area contributed by atoms with Crippen molar-refractivity contribution >= 4 is 27.5 Å². The number of thiophene rings is 1. The Kier molecular flexibility index (Phi) is 7.68. The van der Waals surface area contributed by atoms with Gasteiger partial charge in [0.2, 0.25) is 0 Å². The number of carbonyl (C=O) groups excluding carboxylic acids is 1. The highest BCUT2D eigenvalue weighted by Crippen LogP contribution is 2.29. The Bertz CT molecular complexity index is 1230. The number of likely N-dealkylation sites (N-methyl/N-ethyl adjacent to an activating group) is 1. The Balaban J connectivity index is 1.62. The van der Waals surface area contributed by atoms with Crippen LogP contribution < -0.4 is 15.6 Å². The van der Waals surface area contributed by atoms with Crippen LogP contribution in [0, 0.1) is 6.92 Å². The second-order valence-corrected chi connectivity index (χ2v) is 9.75. The van der Waals surface area contributed by atoms with Gasteiger partial charge in [-0.15, -0.1) is 11.3 Å². The molecule has 1 amide bonds. The standard InChI is InChI=1S/C26H34N4O3S/c1-5-29(6-2)20(18-11-10-12-19(15-18)33-4)16-27-24(31)23-17(3)22-25(34-23)28-21-13-8-7-9-14-30(21)26(22)32/h10-12,15,20H,5-9,13-14,16H2,1-4H3,(H,27,31)/t20-/m0/s1. The number of benzene rings is 1. The third kappa shape index (κ3) is 4.74. The lowest BCUT2D eigenvalue weighted by atomic mass is 10.0. The van der Waals surface area contributed by atoms with Gasteiger partial charge < -0.3 is 10.1 Å². The molecule has 3 aromatic rings. The molecule has 0 saturated heterocycles. The van der Waals surface area contributed by atoms with E-state index in [-0.39, 0.29) is 17.5 Å². The number of methoxy groups -OCH3 is 1.